The third-order valence-corrected chi connectivity index (χ3v) is 6.13. The van der Waals surface area contributed by atoms with E-state index in [1.54, 1.807) is 7.11 Å². The molecule has 1 aromatic heterocycles. The zero-order valence-corrected chi connectivity index (χ0v) is 13.6. The molecule has 0 aliphatic heterocycles. The molecular weight excluding hydrogens is 296 g/mol. The number of hydrogen-bond donors (Lipinski definition) is 2. The van der Waals surface area contributed by atoms with Crippen LogP contribution in [0.5, 0.6) is 0 Å². The normalized spacial score (nSPS) is 15.7. The summed E-state index contributed by atoms with van der Waals surface area (Å²) in [4.78, 5) is 1.35. The first-order valence-electron chi connectivity index (χ1n) is 6.83. The lowest BCUT2D eigenvalue weighted by Gasteiger charge is -2.09. The summed E-state index contributed by atoms with van der Waals surface area (Å²) < 4.78 is 32.3. The SMILES string of the molecule is COCCCNS(=O)(=O)c1c(C)csc1CNC1CC1. The molecule has 0 amide bonds. The Balaban J connectivity index is 2.02. The van der Waals surface area contributed by atoms with Gasteiger partial charge >= 0.3 is 0 Å². The molecule has 0 spiro atoms. The number of aryl methyl sites for hydroxylation is 1. The highest BCUT2D eigenvalue weighted by Crippen LogP contribution is 2.28. The van der Waals surface area contributed by atoms with E-state index >= 15 is 0 Å². The number of thiophene rings is 1. The van der Waals surface area contributed by atoms with E-state index in [0.717, 1.165) is 10.4 Å². The summed E-state index contributed by atoms with van der Waals surface area (Å²) in [6.07, 6.45) is 3.07. The minimum absolute atomic E-state index is 0.404. The third kappa shape index (κ3) is 4.26. The van der Waals surface area contributed by atoms with Crippen LogP contribution in [0.15, 0.2) is 10.3 Å². The fourth-order valence-corrected chi connectivity index (χ4v) is 4.82. The van der Waals surface area contributed by atoms with Crippen molar-refractivity contribution in [1.29, 1.82) is 0 Å². The summed E-state index contributed by atoms with van der Waals surface area (Å²) >= 11 is 1.51. The standard InChI is InChI=1S/C13H22N2O3S2/c1-10-9-19-12(8-14-11-4-5-11)13(10)20(16,17)15-6-3-7-18-2/h9,11,14-15H,3-8H2,1-2H3. The minimum Gasteiger partial charge on any atom is -0.385 e. The molecule has 1 aliphatic carbocycles. The van der Waals surface area contributed by atoms with Gasteiger partial charge in [0.15, 0.2) is 0 Å². The number of hydrogen-bond acceptors (Lipinski definition) is 5. The smallest absolute Gasteiger partial charge is 0.241 e. The Morgan fingerprint density at radius 1 is 1.45 bits per heavy atom. The van der Waals surface area contributed by atoms with Gasteiger partial charge in [-0.15, -0.1) is 11.3 Å². The summed E-state index contributed by atoms with van der Waals surface area (Å²) in [5, 5.41) is 5.28. The largest absolute Gasteiger partial charge is 0.385 e. The van der Waals surface area contributed by atoms with Crippen molar-refractivity contribution in [1.82, 2.24) is 10.0 Å². The van der Waals surface area contributed by atoms with E-state index in [0.29, 0.717) is 37.1 Å². The first-order valence-corrected chi connectivity index (χ1v) is 9.20. The molecule has 0 aromatic carbocycles. The van der Waals surface area contributed by atoms with Gasteiger partial charge in [-0.25, -0.2) is 13.1 Å². The van der Waals surface area contributed by atoms with E-state index in [9.17, 15) is 8.42 Å². The predicted molar refractivity (Wildman–Crippen MR) is 80.6 cm³/mol. The molecule has 0 saturated heterocycles. The number of ether oxygens (including phenoxy) is 1. The Kier molecular flexibility index (Phi) is 5.57. The van der Waals surface area contributed by atoms with Crippen LogP contribution in [-0.4, -0.2) is 34.7 Å². The van der Waals surface area contributed by atoms with Gasteiger partial charge in [0.25, 0.3) is 0 Å². The van der Waals surface area contributed by atoms with Crippen molar-refractivity contribution in [3.8, 4) is 0 Å². The van der Waals surface area contributed by atoms with Crippen LogP contribution < -0.4 is 10.0 Å². The first-order chi connectivity index (χ1) is 9.54. The quantitative estimate of drug-likeness (QED) is 0.679. The Hall–Kier alpha value is -0.470. The van der Waals surface area contributed by atoms with Gasteiger partial charge in [0.1, 0.15) is 4.90 Å². The van der Waals surface area contributed by atoms with Crippen LogP contribution in [-0.2, 0) is 21.3 Å². The van der Waals surface area contributed by atoms with Crippen LogP contribution in [0.3, 0.4) is 0 Å². The number of nitrogens with one attached hydrogen (secondary N) is 2. The molecule has 1 fully saturated rings. The van der Waals surface area contributed by atoms with Crippen molar-refractivity contribution >= 4 is 21.4 Å². The molecule has 1 saturated carbocycles. The lowest BCUT2D eigenvalue weighted by Crippen LogP contribution is -2.27. The van der Waals surface area contributed by atoms with Crippen LogP contribution in [0, 0.1) is 6.92 Å². The van der Waals surface area contributed by atoms with Gasteiger partial charge in [-0.3, -0.25) is 0 Å². The summed E-state index contributed by atoms with van der Waals surface area (Å²) in [5.41, 5.74) is 0.821. The number of methoxy groups -OCH3 is 1. The highest BCUT2D eigenvalue weighted by atomic mass is 32.2. The highest BCUT2D eigenvalue weighted by Gasteiger charge is 2.25. The lowest BCUT2D eigenvalue weighted by molar-refractivity contribution is 0.196. The lowest BCUT2D eigenvalue weighted by atomic mass is 10.3. The molecule has 1 heterocycles. The maximum atomic E-state index is 12.4. The molecule has 5 nitrogen and oxygen atoms in total. The summed E-state index contributed by atoms with van der Waals surface area (Å²) in [6, 6.07) is 0.572. The Labute approximate surface area is 124 Å². The van der Waals surface area contributed by atoms with Gasteiger partial charge in [0.05, 0.1) is 0 Å². The molecule has 1 aliphatic rings. The van der Waals surface area contributed by atoms with Gasteiger partial charge in [-0.1, -0.05) is 0 Å². The molecule has 0 unspecified atom stereocenters. The molecule has 0 radical (unpaired) electrons. The van der Waals surface area contributed by atoms with Gasteiger partial charge in [-0.05, 0) is 37.1 Å². The van der Waals surface area contributed by atoms with Crippen molar-refractivity contribution in [3.05, 3.63) is 15.8 Å². The zero-order chi connectivity index (χ0) is 14.6. The molecule has 1 aromatic rings. The Morgan fingerprint density at radius 2 is 2.20 bits per heavy atom. The van der Waals surface area contributed by atoms with Gasteiger partial charge in [-0.2, -0.15) is 0 Å². The van der Waals surface area contributed by atoms with Crippen LogP contribution >= 0.6 is 11.3 Å². The van der Waals surface area contributed by atoms with Crippen molar-refractivity contribution in [2.45, 2.75) is 43.7 Å². The van der Waals surface area contributed by atoms with Crippen LogP contribution in [0.4, 0.5) is 0 Å². The number of sulfonamides is 1. The van der Waals surface area contributed by atoms with Crippen LogP contribution in [0.2, 0.25) is 0 Å². The van der Waals surface area contributed by atoms with E-state index in [2.05, 4.69) is 10.0 Å². The van der Waals surface area contributed by atoms with Crippen molar-refractivity contribution in [2.75, 3.05) is 20.3 Å². The van der Waals surface area contributed by atoms with E-state index in [1.807, 2.05) is 12.3 Å². The topological polar surface area (TPSA) is 67.4 Å². The fourth-order valence-electron chi connectivity index (χ4n) is 1.99. The molecule has 0 bridgehead atoms. The molecule has 114 valence electrons. The summed E-state index contributed by atoms with van der Waals surface area (Å²) in [7, 11) is -1.81. The highest BCUT2D eigenvalue weighted by molar-refractivity contribution is 7.89. The van der Waals surface area contributed by atoms with E-state index in [1.165, 1.54) is 24.2 Å². The molecule has 2 N–H and O–H groups in total. The van der Waals surface area contributed by atoms with Crippen molar-refractivity contribution in [3.63, 3.8) is 0 Å². The first kappa shape index (κ1) is 15.9. The molecule has 7 heteroatoms. The fraction of sp³-hybridized carbons (Fsp3) is 0.692. The average Bonchev–Trinajstić information content (AvgIpc) is 3.15. The Morgan fingerprint density at radius 3 is 2.85 bits per heavy atom. The number of rotatable bonds is 9. The van der Waals surface area contributed by atoms with E-state index in [-0.39, 0.29) is 0 Å². The second-order valence-corrected chi connectivity index (χ2v) is 7.74. The van der Waals surface area contributed by atoms with Gasteiger partial charge < -0.3 is 10.1 Å². The second kappa shape index (κ2) is 7.00. The van der Waals surface area contributed by atoms with Gasteiger partial charge in [0.2, 0.25) is 10.0 Å². The maximum Gasteiger partial charge on any atom is 0.241 e. The zero-order valence-electron chi connectivity index (χ0n) is 11.9. The molecule has 20 heavy (non-hydrogen) atoms. The van der Waals surface area contributed by atoms with Crippen molar-refractivity contribution < 1.29 is 13.2 Å². The molecule has 2 rings (SSSR count). The summed E-state index contributed by atoms with van der Waals surface area (Å²) in [5.74, 6) is 0. The van der Waals surface area contributed by atoms with Crippen LogP contribution in [0.25, 0.3) is 0 Å². The van der Waals surface area contributed by atoms with Crippen molar-refractivity contribution in [2.24, 2.45) is 0 Å². The second-order valence-electron chi connectivity index (χ2n) is 5.07. The molecule has 0 atom stereocenters. The predicted octanol–water partition coefficient (Wildman–Crippen LogP) is 1.62. The summed E-state index contributed by atoms with van der Waals surface area (Å²) in [6.45, 7) is 3.44. The van der Waals surface area contributed by atoms with E-state index < -0.39 is 10.0 Å². The molecular formula is C13H22N2O3S2. The average molecular weight is 318 g/mol. The Bertz CT molecular complexity index is 536. The monoisotopic (exact) mass is 318 g/mol. The van der Waals surface area contributed by atoms with Crippen LogP contribution in [0.1, 0.15) is 29.7 Å². The van der Waals surface area contributed by atoms with E-state index in [4.69, 9.17) is 4.74 Å². The maximum absolute atomic E-state index is 12.4. The minimum atomic E-state index is -3.42. The third-order valence-electron chi connectivity index (χ3n) is 3.20. The van der Waals surface area contributed by atoms with Gasteiger partial charge in [0, 0.05) is 37.7 Å².